The van der Waals surface area contributed by atoms with E-state index in [0.29, 0.717) is 17.8 Å². The number of primary sulfonamides is 1. The van der Waals surface area contributed by atoms with Gasteiger partial charge in [0.05, 0.1) is 15.5 Å². The molecule has 27 heavy (non-hydrogen) atoms. The summed E-state index contributed by atoms with van der Waals surface area (Å²) in [5.74, 6) is -0.201. The van der Waals surface area contributed by atoms with Gasteiger partial charge in [-0.1, -0.05) is 12.1 Å². The number of sulfonamides is 1. The number of carbonyl (C=O) groups excluding carboxylic acids is 1. The van der Waals surface area contributed by atoms with Crippen molar-refractivity contribution in [3.8, 4) is 0 Å². The minimum atomic E-state index is -4.02. The summed E-state index contributed by atoms with van der Waals surface area (Å²) in [6.45, 7) is 0.352. The molecule has 0 aliphatic rings. The summed E-state index contributed by atoms with van der Waals surface area (Å²) in [4.78, 5) is 12.9. The van der Waals surface area contributed by atoms with Gasteiger partial charge in [-0.25, -0.2) is 22.0 Å². The number of nitrogens with zero attached hydrogens (tertiary/aromatic N) is 1. The number of nitrogens with one attached hydrogen (secondary N) is 1. The number of carbonyl (C=O) groups is 1. The van der Waals surface area contributed by atoms with Crippen LogP contribution in [0, 0.1) is 0 Å². The van der Waals surface area contributed by atoms with Crippen LogP contribution in [0.25, 0.3) is 0 Å². The lowest BCUT2D eigenvalue weighted by Crippen LogP contribution is -2.21. The number of nitrogens with two attached hydrogens (primary N) is 1. The number of anilines is 1. The highest BCUT2D eigenvalue weighted by molar-refractivity contribution is 7.91. The van der Waals surface area contributed by atoms with Gasteiger partial charge in [-0.15, -0.1) is 0 Å². The van der Waals surface area contributed by atoms with Crippen LogP contribution in [0.15, 0.2) is 52.3 Å². The molecule has 0 aromatic heterocycles. The van der Waals surface area contributed by atoms with Crippen LogP contribution in [0.3, 0.4) is 0 Å². The molecule has 0 aliphatic carbocycles. The van der Waals surface area contributed by atoms with Gasteiger partial charge >= 0.3 is 0 Å². The standard InChI is InChI=1S/C17H21N3O5S2/c1-19-17(21)13-6-4-12(5-7-13)11-20(2)15-9-8-14(27(18,24)25)10-16(15)26(3,22)23/h4-10H,11H2,1-3H3,(H,19,21)(H2,18,24,25). The fraction of sp³-hybridized carbons (Fsp3) is 0.235. The van der Waals surface area contributed by atoms with E-state index in [1.165, 1.54) is 12.1 Å². The Morgan fingerprint density at radius 1 is 1.07 bits per heavy atom. The minimum Gasteiger partial charge on any atom is -0.369 e. The molecule has 2 aromatic rings. The Kier molecular flexibility index (Phi) is 5.93. The maximum atomic E-state index is 12.1. The van der Waals surface area contributed by atoms with Crippen LogP contribution in [-0.4, -0.2) is 43.1 Å². The van der Waals surface area contributed by atoms with Gasteiger partial charge in [-0.2, -0.15) is 0 Å². The third kappa shape index (κ3) is 5.06. The Labute approximate surface area is 159 Å². The Morgan fingerprint density at radius 2 is 1.67 bits per heavy atom. The van der Waals surface area contributed by atoms with E-state index in [-0.39, 0.29) is 15.7 Å². The molecule has 0 saturated heterocycles. The Morgan fingerprint density at radius 3 is 2.15 bits per heavy atom. The van der Waals surface area contributed by atoms with Crippen LogP contribution >= 0.6 is 0 Å². The van der Waals surface area contributed by atoms with Gasteiger partial charge < -0.3 is 10.2 Å². The first-order chi connectivity index (χ1) is 12.4. The second-order valence-corrected chi connectivity index (χ2v) is 9.62. The van der Waals surface area contributed by atoms with Gasteiger partial charge in [0, 0.05) is 32.5 Å². The molecule has 0 aliphatic heterocycles. The second kappa shape index (κ2) is 7.67. The van der Waals surface area contributed by atoms with Crippen molar-refractivity contribution in [2.45, 2.75) is 16.3 Å². The molecule has 0 heterocycles. The molecule has 146 valence electrons. The van der Waals surface area contributed by atoms with E-state index in [0.717, 1.165) is 17.9 Å². The van der Waals surface area contributed by atoms with Gasteiger partial charge in [-0.05, 0) is 35.9 Å². The number of hydrogen-bond acceptors (Lipinski definition) is 6. The highest BCUT2D eigenvalue weighted by atomic mass is 32.2. The number of amides is 1. The average Bonchev–Trinajstić information content (AvgIpc) is 2.59. The minimum absolute atomic E-state index is 0.126. The second-order valence-electron chi connectivity index (χ2n) is 6.08. The summed E-state index contributed by atoms with van der Waals surface area (Å²) in [6.07, 6.45) is 1.00. The lowest BCUT2D eigenvalue weighted by Gasteiger charge is -2.22. The first-order valence-electron chi connectivity index (χ1n) is 7.82. The summed E-state index contributed by atoms with van der Waals surface area (Å²) < 4.78 is 47.3. The van der Waals surface area contributed by atoms with Gasteiger partial charge in [-0.3, -0.25) is 4.79 Å². The number of sulfone groups is 1. The van der Waals surface area contributed by atoms with Crippen LogP contribution in [0.5, 0.6) is 0 Å². The molecule has 0 atom stereocenters. The lowest BCUT2D eigenvalue weighted by atomic mass is 10.1. The van der Waals surface area contributed by atoms with E-state index in [2.05, 4.69) is 5.32 Å². The molecule has 0 bridgehead atoms. The highest BCUT2D eigenvalue weighted by Gasteiger charge is 2.20. The third-order valence-electron chi connectivity index (χ3n) is 3.93. The molecule has 0 unspecified atom stereocenters. The molecule has 10 heteroatoms. The molecule has 0 saturated carbocycles. The first kappa shape index (κ1) is 20.9. The summed E-state index contributed by atoms with van der Waals surface area (Å²) in [5.41, 5.74) is 1.71. The van der Waals surface area contributed by atoms with Crippen molar-refractivity contribution in [2.24, 2.45) is 5.14 Å². The highest BCUT2D eigenvalue weighted by Crippen LogP contribution is 2.28. The molecule has 0 spiro atoms. The normalized spacial score (nSPS) is 11.9. The van der Waals surface area contributed by atoms with Gasteiger partial charge in [0.15, 0.2) is 9.84 Å². The van der Waals surface area contributed by atoms with Gasteiger partial charge in [0.25, 0.3) is 5.91 Å². The smallest absolute Gasteiger partial charge is 0.251 e. The maximum Gasteiger partial charge on any atom is 0.251 e. The van der Waals surface area contributed by atoms with Crippen molar-refractivity contribution in [2.75, 3.05) is 25.3 Å². The zero-order valence-corrected chi connectivity index (χ0v) is 16.8. The molecule has 0 radical (unpaired) electrons. The third-order valence-corrected chi connectivity index (χ3v) is 5.97. The SMILES string of the molecule is CNC(=O)c1ccc(CN(C)c2ccc(S(N)(=O)=O)cc2S(C)(=O)=O)cc1. The first-order valence-corrected chi connectivity index (χ1v) is 11.3. The van der Waals surface area contributed by atoms with Crippen LogP contribution in [0.4, 0.5) is 5.69 Å². The zero-order valence-electron chi connectivity index (χ0n) is 15.1. The van der Waals surface area contributed by atoms with Gasteiger partial charge in [0.2, 0.25) is 10.0 Å². The predicted molar refractivity (Wildman–Crippen MR) is 103 cm³/mol. The molecular weight excluding hydrogens is 390 g/mol. The van der Waals surface area contributed by atoms with Crippen LogP contribution in [0.2, 0.25) is 0 Å². The topological polar surface area (TPSA) is 127 Å². The molecule has 0 fully saturated rings. The van der Waals surface area contributed by atoms with E-state index < -0.39 is 19.9 Å². The lowest BCUT2D eigenvalue weighted by molar-refractivity contribution is 0.0963. The predicted octanol–water partition coefficient (Wildman–Crippen LogP) is 0.734. The van der Waals surface area contributed by atoms with E-state index in [4.69, 9.17) is 5.14 Å². The fourth-order valence-electron chi connectivity index (χ4n) is 2.55. The van der Waals surface area contributed by atoms with E-state index >= 15 is 0 Å². The Balaban J connectivity index is 2.38. The molecule has 8 nitrogen and oxygen atoms in total. The van der Waals surface area contributed by atoms with Crippen molar-refractivity contribution in [1.29, 1.82) is 0 Å². The Bertz CT molecular complexity index is 1060. The van der Waals surface area contributed by atoms with Crippen molar-refractivity contribution >= 4 is 31.5 Å². The quantitative estimate of drug-likeness (QED) is 0.722. The van der Waals surface area contributed by atoms with Crippen molar-refractivity contribution in [1.82, 2.24) is 5.32 Å². The van der Waals surface area contributed by atoms with Crippen molar-refractivity contribution in [3.05, 3.63) is 53.6 Å². The van der Waals surface area contributed by atoms with Gasteiger partial charge in [0.1, 0.15) is 0 Å². The number of benzene rings is 2. The van der Waals surface area contributed by atoms with Crippen LogP contribution in [0.1, 0.15) is 15.9 Å². The fourth-order valence-corrected chi connectivity index (χ4v) is 4.11. The molecule has 2 aromatic carbocycles. The van der Waals surface area contributed by atoms with E-state index in [9.17, 15) is 21.6 Å². The Hall–Kier alpha value is -2.43. The van der Waals surface area contributed by atoms with Crippen molar-refractivity contribution in [3.63, 3.8) is 0 Å². The largest absolute Gasteiger partial charge is 0.369 e. The molecule has 2 rings (SSSR count). The van der Waals surface area contributed by atoms with Crippen LogP contribution < -0.4 is 15.4 Å². The summed E-state index contributed by atoms with van der Waals surface area (Å²) in [7, 11) is -4.48. The number of rotatable bonds is 6. The summed E-state index contributed by atoms with van der Waals surface area (Å²) in [5, 5.41) is 7.63. The number of hydrogen-bond donors (Lipinski definition) is 2. The molecular formula is C17H21N3O5S2. The average molecular weight is 412 g/mol. The van der Waals surface area contributed by atoms with E-state index in [1.807, 2.05) is 0 Å². The van der Waals surface area contributed by atoms with E-state index in [1.54, 1.807) is 43.3 Å². The maximum absolute atomic E-state index is 12.1. The molecule has 3 N–H and O–H groups in total. The zero-order chi connectivity index (χ0) is 20.4. The summed E-state index contributed by atoms with van der Waals surface area (Å²) in [6, 6.07) is 10.6. The molecule has 1 amide bonds. The summed E-state index contributed by atoms with van der Waals surface area (Å²) >= 11 is 0. The van der Waals surface area contributed by atoms with Crippen molar-refractivity contribution < 1.29 is 21.6 Å². The monoisotopic (exact) mass is 411 g/mol. The van der Waals surface area contributed by atoms with Crippen LogP contribution in [-0.2, 0) is 26.4 Å².